The first-order valence-corrected chi connectivity index (χ1v) is 7.45. The molecule has 0 radical (unpaired) electrons. The van der Waals surface area contributed by atoms with E-state index < -0.39 is 0 Å². The van der Waals surface area contributed by atoms with Crippen LogP contribution in [-0.2, 0) is 6.54 Å². The molecule has 0 aliphatic carbocycles. The Morgan fingerprint density at radius 3 is 3.05 bits per heavy atom. The van der Waals surface area contributed by atoms with Crippen molar-refractivity contribution in [3.8, 4) is 5.69 Å². The van der Waals surface area contributed by atoms with E-state index in [4.69, 9.17) is 0 Å². The maximum atomic E-state index is 4.23. The summed E-state index contributed by atoms with van der Waals surface area (Å²) in [6, 6.07) is 8.01. The lowest BCUT2D eigenvalue weighted by atomic mass is 10.3. The molecule has 0 spiro atoms. The van der Waals surface area contributed by atoms with Crippen LogP contribution in [0.3, 0.4) is 0 Å². The van der Waals surface area contributed by atoms with Crippen LogP contribution in [0.1, 0.15) is 18.5 Å². The Hall–Kier alpha value is -1.46. The molecule has 4 nitrogen and oxygen atoms in total. The number of allylic oxidation sites excluding steroid dienone is 1. The predicted molar refractivity (Wildman–Crippen MR) is 84.8 cm³/mol. The third-order valence-electron chi connectivity index (χ3n) is 2.99. The summed E-state index contributed by atoms with van der Waals surface area (Å²) in [6.45, 7) is 5.59. The van der Waals surface area contributed by atoms with E-state index in [2.05, 4.69) is 44.8 Å². The number of nitrogens with zero attached hydrogens (tertiary/aromatic N) is 4. The second-order valence-electron chi connectivity index (χ2n) is 4.80. The SMILES string of the molecule is C=CCCCN(C)Cc1cn(-c2cccc(Br)c2)nn1. The number of rotatable bonds is 7. The molecule has 0 unspecified atom stereocenters. The average Bonchev–Trinajstić information content (AvgIpc) is 2.87. The van der Waals surface area contributed by atoms with Crippen molar-refractivity contribution in [1.29, 1.82) is 0 Å². The van der Waals surface area contributed by atoms with Crippen molar-refractivity contribution < 1.29 is 0 Å². The second kappa shape index (κ2) is 7.36. The molecule has 0 amide bonds. The van der Waals surface area contributed by atoms with E-state index in [9.17, 15) is 0 Å². The van der Waals surface area contributed by atoms with E-state index in [-0.39, 0.29) is 0 Å². The van der Waals surface area contributed by atoms with Crippen molar-refractivity contribution in [3.63, 3.8) is 0 Å². The first-order valence-electron chi connectivity index (χ1n) is 6.65. The van der Waals surface area contributed by atoms with E-state index in [0.717, 1.165) is 41.8 Å². The van der Waals surface area contributed by atoms with Crippen molar-refractivity contribution in [2.24, 2.45) is 0 Å². The molecule has 0 saturated carbocycles. The molecule has 5 heteroatoms. The van der Waals surface area contributed by atoms with Gasteiger partial charge < -0.3 is 4.90 Å². The van der Waals surface area contributed by atoms with Gasteiger partial charge in [-0.1, -0.05) is 33.3 Å². The Morgan fingerprint density at radius 1 is 1.45 bits per heavy atom. The van der Waals surface area contributed by atoms with Gasteiger partial charge in [-0.25, -0.2) is 4.68 Å². The highest BCUT2D eigenvalue weighted by Gasteiger charge is 2.06. The minimum atomic E-state index is 0.811. The molecule has 0 bridgehead atoms. The van der Waals surface area contributed by atoms with Crippen molar-refractivity contribution in [2.45, 2.75) is 19.4 Å². The van der Waals surface area contributed by atoms with Gasteiger partial charge in [-0.2, -0.15) is 0 Å². The van der Waals surface area contributed by atoms with Gasteiger partial charge in [-0.05, 0) is 44.6 Å². The van der Waals surface area contributed by atoms with E-state index in [1.54, 1.807) is 4.68 Å². The average molecular weight is 335 g/mol. The molecule has 1 aromatic heterocycles. The fraction of sp³-hybridized carbons (Fsp3) is 0.333. The molecule has 0 aliphatic heterocycles. The molecule has 0 atom stereocenters. The van der Waals surface area contributed by atoms with E-state index in [1.165, 1.54) is 0 Å². The Kier molecular flexibility index (Phi) is 5.49. The van der Waals surface area contributed by atoms with Crippen molar-refractivity contribution >= 4 is 15.9 Å². The summed E-state index contributed by atoms with van der Waals surface area (Å²) in [5, 5.41) is 8.41. The molecule has 0 aliphatic rings. The van der Waals surface area contributed by atoms with Crippen molar-refractivity contribution in [1.82, 2.24) is 19.9 Å². The highest BCUT2D eigenvalue weighted by atomic mass is 79.9. The van der Waals surface area contributed by atoms with E-state index in [0.29, 0.717) is 0 Å². The lowest BCUT2D eigenvalue weighted by Crippen LogP contribution is -2.19. The second-order valence-corrected chi connectivity index (χ2v) is 5.72. The zero-order chi connectivity index (χ0) is 14.4. The third-order valence-corrected chi connectivity index (χ3v) is 3.49. The van der Waals surface area contributed by atoms with Crippen LogP contribution in [0.15, 0.2) is 47.6 Å². The van der Waals surface area contributed by atoms with Gasteiger partial charge in [0.25, 0.3) is 0 Å². The molecule has 0 N–H and O–H groups in total. The van der Waals surface area contributed by atoms with Gasteiger partial charge in [0.15, 0.2) is 0 Å². The Bertz CT molecular complexity index is 565. The van der Waals surface area contributed by atoms with Gasteiger partial charge in [0, 0.05) is 11.0 Å². The summed E-state index contributed by atoms with van der Waals surface area (Å²) in [6.07, 6.45) is 6.11. The van der Waals surface area contributed by atoms with Gasteiger partial charge in [0.1, 0.15) is 0 Å². The van der Waals surface area contributed by atoms with Crippen LogP contribution < -0.4 is 0 Å². The first-order chi connectivity index (χ1) is 9.69. The van der Waals surface area contributed by atoms with Crippen molar-refractivity contribution in [2.75, 3.05) is 13.6 Å². The summed E-state index contributed by atoms with van der Waals surface area (Å²) in [4.78, 5) is 2.25. The van der Waals surface area contributed by atoms with Gasteiger partial charge in [0.05, 0.1) is 17.6 Å². The monoisotopic (exact) mass is 334 g/mol. The Balaban J connectivity index is 1.97. The standard InChI is InChI=1S/C15H19BrN4/c1-3-4-5-9-19(2)11-14-12-20(18-17-14)15-8-6-7-13(16)10-15/h3,6-8,10,12H,1,4-5,9,11H2,2H3. The van der Waals surface area contributed by atoms with Crippen LogP contribution in [0.25, 0.3) is 5.69 Å². The number of hydrogen-bond donors (Lipinski definition) is 0. The Labute approximate surface area is 128 Å². The van der Waals surface area contributed by atoms with Crippen LogP contribution in [0.4, 0.5) is 0 Å². The van der Waals surface area contributed by atoms with Crippen LogP contribution in [0, 0.1) is 0 Å². The molecule has 106 valence electrons. The maximum absolute atomic E-state index is 4.23. The molecule has 0 fully saturated rings. The summed E-state index contributed by atoms with van der Waals surface area (Å²) < 4.78 is 2.84. The Morgan fingerprint density at radius 2 is 2.30 bits per heavy atom. The fourth-order valence-corrected chi connectivity index (χ4v) is 2.36. The molecule has 0 saturated heterocycles. The first kappa shape index (κ1) is 14.9. The topological polar surface area (TPSA) is 34.0 Å². The molecule has 2 aromatic rings. The summed E-state index contributed by atoms with van der Waals surface area (Å²) in [7, 11) is 2.10. The molecule has 1 aromatic carbocycles. The maximum Gasteiger partial charge on any atom is 0.0971 e. The minimum absolute atomic E-state index is 0.811. The van der Waals surface area contributed by atoms with Crippen LogP contribution >= 0.6 is 15.9 Å². The van der Waals surface area contributed by atoms with Crippen LogP contribution in [0.2, 0.25) is 0 Å². The molecule has 1 heterocycles. The molecule has 20 heavy (non-hydrogen) atoms. The highest BCUT2D eigenvalue weighted by molar-refractivity contribution is 9.10. The van der Waals surface area contributed by atoms with Gasteiger partial charge >= 0.3 is 0 Å². The van der Waals surface area contributed by atoms with Crippen molar-refractivity contribution in [3.05, 3.63) is 53.3 Å². The normalized spacial score (nSPS) is 10.9. The molecule has 2 rings (SSSR count). The summed E-state index contributed by atoms with van der Waals surface area (Å²) >= 11 is 3.46. The zero-order valence-electron chi connectivity index (χ0n) is 11.7. The number of aromatic nitrogens is 3. The quantitative estimate of drug-likeness (QED) is 0.574. The van der Waals surface area contributed by atoms with Crippen LogP contribution in [0.5, 0.6) is 0 Å². The number of benzene rings is 1. The largest absolute Gasteiger partial charge is 0.300 e. The predicted octanol–water partition coefficient (Wildman–Crippen LogP) is 3.43. The fourth-order valence-electron chi connectivity index (χ4n) is 1.98. The number of halogens is 1. The lowest BCUT2D eigenvalue weighted by molar-refractivity contribution is 0.319. The van der Waals surface area contributed by atoms with E-state index in [1.807, 2.05) is 36.5 Å². The smallest absolute Gasteiger partial charge is 0.0971 e. The van der Waals surface area contributed by atoms with Gasteiger partial charge in [-0.3, -0.25) is 0 Å². The van der Waals surface area contributed by atoms with E-state index >= 15 is 0 Å². The minimum Gasteiger partial charge on any atom is -0.300 e. The van der Waals surface area contributed by atoms with Gasteiger partial charge in [0.2, 0.25) is 0 Å². The summed E-state index contributed by atoms with van der Waals surface area (Å²) in [5.41, 5.74) is 1.98. The number of unbranched alkanes of at least 4 members (excludes halogenated alkanes) is 1. The molecular formula is C15H19BrN4. The third kappa shape index (κ3) is 4.28. The molecular weight excluding hydrogens is 316 g/mol. The van der Waals surface area contributed by atoms with Crippen LogP contribution in [-0.4, -0.2) is 33.5 Å². The summed E-state index contributed by atoms with van der Waals surface area (Å²) in [5.74, 6) is 0. The zero-order valence-corrected chi connectivity index (χ0v) is 13.3. The van der Waals surface area contributed by atoms with Gasteiger partial charge in [-0.15, -0.1) is 11.7 Å². The lowest BCUT2D eigenvalue weighted by Gasteiger charge is -2.13. The number of hydrogen-bond acceptors (Lipinski definition) is 3. The highest BCUT2D eigenvalue weighted by Crippen LogP contribution is 2.15.